The fourth-order valence-electron chi connectivity index (χ4n) is 1.62. The summed E-state index contributed by atoms with van der Waals surface area (Å²) in [6.45, 7) is 3.11. The van der Waals surface area contributed by atoms with E-state index >= 15 is 0 Å². The predicted octanol–water partition coefficient (Wildman–Crippen LogP) is 2.28. The molecule has 2 rings (SSSR count). The molecule has 2 aromatic rings. The fourth-order valence-corrected chi connectivity index (χ4v) is 2.25. The van der Waals surface area contributed by atoms with Crippen molar-refractivity contribution in [1.82, 2.24) is 20.1 Å². The van der Waals surface area contributed by atoms with Gasteiger partial charge in [0.05, 0.1) is 12.1 Å². The monoisotopic (exact) mass is 340 g/mol. The number of nitrogens with zero attached hydrogens (tertiary/aromatic N) is 3. The smallest absolute Gasteiger partial charge is 0.252 e. The number of hydrogen-bond acceptors (Lipinski definition) is 4. The van der Waals surface area contributed by atoms with E-state index in [9.17, 15) is 4.79 Å². The minimum absolute atomic E-state index is 0.173. The van der Waals surface area contributed by atoms with Crippen molar-refractivity contribution in [2.45, 2.75) is 24.9 Å². The van der Waals surface area contributed by atoms with Gasteiger partial charge in [0.2, 0.25) is 0 Å². The van der Waals surface area contributed by atoms with Crippen molar-refractivity contribution >= 4 is 34.5 Å². The van der Waals surface area contributed by atoms with Crippen LogP contribution in [0.25, 0.3) is 0 Å². The second-order valence-electron chi connectivity index (χ2n) is 3.88. The van der Waals surface area contributed by atoms with Crippen molar-refractivity contribution in [1.29, 1.82) is 0 Å². The molecule has 0 saturated heterocycles. The van der Waals surface area contributed by atoms with Crippen molar-refractivity contribution in [3.63, 3.8) is 0 Å². The summed E-state index contributed by atoms with van der Waals surface area (Å²) < 4.78 is 2.62. The maximum atomic E-state index is 12.1. The largest absolute Gasteiger partial charge is 0.345 e. The van der Waals surface area contributed by atoms with Crippen molar-refractivity contribution in [3.05, 3.63) is 40.4 Å². The number of nitrogens with one attached hydrogen (secondary N) is 1. The van der Waals surface area contributed by atoms with E-state index < -0.39 is 0 Å². The molecule has 1 aromatic heterocycles. The Morgan fingerprint density at radius 1 is 1.53 bits per heavy atom. The highest BCUT2D eigenvalue weighted by atomic mass is 79.9. The number of halogens is 1. The lowest BCUT2D eigenvalue weighted by molar-refractivity contribution is 0.0948. The summed E-state index contributed by atoms with van der Waals surface area (Å²) in [6, 6.07) is 5.33. The summed E-state index contributed by atoms with van der Waals surface area (Å²) in [5.41, 5.74) is 0.551. The zero-order valence-electron chi connectivity index (χ0n) is 10.3. The average Bonchev–Trinajstić information content (AvgIpc) is 2.86. The van der Waals surface area contributed by atoms with Gasteiger partial charge in [0, 0.05) is 15.9 Å². The van der Waals surface area contributed by atoms with E-state index in [4.69, 9.17) is 0 Å². The van der Waals surface area contributed by atoms with Gasteiger partial charge in [-0.15, -0.1) is 22.8 Å². The number of carbonyl (C=O) groups is 1. The van der Waals surface area contributed by atoms with E-state index in [1.807, 2.05) is 17.6 Å². The third-order valence-corrected chi connectivity index (χ3v) is 3.61. The van der Waals surface area contributed by atoms with Gasteiger partial charge in [0.15, 0.2) is 5.82 Å². The molecule has 0 radical (unpaired) electrons. The Bertz CT molecular complexity index is 599. The minimum atomic E-state index is -0.173. The van der Waals surface area contributed by atoms with Gasteiger partial charge in [-0.05, 0) is 41.1 Å². The quantitative estimate of drug-likeness (QED) is 0.839. The third-order valence-electron chi connectivity index (χ3n) is 2.64. The van der Waals surface area contributed by atoms with Gasteiger partial charge in [-0.2, -0.15) is 0 Å². The van der Waals surface area contributed by atoms with Crippen LogP contribution in [0.1, 0.15) is 23.1 Å². The van der Waals surface area contributed by atoms with Crippen LogP contribution < -0.4 is 5.32 Å². The van der Waals surface area contributed by atoms with Crippen LogP contribution in [0.2, 0.25) is 0 Å². The molecule has 100 valence electrons. The molecule has 7 heteroatoms. The number of thiol groups is 1. The second-order valence-corrected chi connectivity index (χ2v) is 5.25. The zero-order valence-corrected chi connectivity index (χ0v) is 12.8. The standard InChI is InChI=1S/C12H13BrN4OS/c1-2-17-7-15-16-11(17)6-14-12(18)9-5-8(19)3-4-10(9)13/h3-5,7,19H,2,6H2,1H3,(H,14,18). The summed E-state index contributed by atoms with van der Waals surface area (Å²) in [4.78, 5) is 12.8. The molecule has 19 heavy (non-hydrogen) atoms. The Morgan fingerprint density at radius 3 is 3.05 bits per heavy atom. The number of aromatic nitrogens is 3. The van der Waals surface area contributed by atoms with Gasteiger partial charge in [-0.1, -0.05) is 0 Å². The first-order valence-corrected chi connectivity index (χ1v) is 6.99. The normalized spacial score (nSPS) is 10.5. The first-order chi connectivity index (χ1) is 9.11. The number of rotatable bonds is 4. The molecular weight excluding hydrogens is 328 g/mol. The summed E-state index contributed by atoms with van der Waals surface area (Å²) in [5.74, 6) is 0.558. The molecular formula is C12H13BrN4OS. The Balaban J connectivity index is 2.07. The summed E-state index contributed by atoms with van der Waals surface area (Å²) >= 11 is 7.58. The van der Waals surface area contributed by atoms with Crippen LogP contribution >= 0.6 is 28.6 Å². The Labute approximate surface area is 125 Å². The van der Waals surface area contributed by atoms with Crippen LogP contribution in [0.4, 0.5) is 0 Å². The van der Waals surface area contributed by atoms with E-state index in [-0.39, 0.29) is 5.91 Å². The van der Waals surface area contributed by atoms with Crippen LogP contribution in [0.3, 0.4) is 0 Å². The van der Waals surface area contributed by atoms with E-state index in [1.165, 1.54) is 0 Å². The molecule has 0 bridgehead atoms. The molecule has 1 amide bonds. The molecule has 0 aliphatic heterocycles. The number of carbonyl (C=O) groups excluding carboxylic acids is 1. The molecule has 0 atom stereocenters. The molecule has 5 nitrogen and oxygen atoms in total. The lowest BCUT2D eigenvalue weighted by Gasteiger charge is -2.08. The lowest BCUT2D eigenvalue weighted by atomic mass is 10.2. The van der Waals surface area contributed by atoms with Crippen molar-refractivity contribution in [2.75, 3.05) is 0 Å². The number of hydrogen-bond donors (Lipinski definition) is 2. The van der Waals surface area contributed by atoms with Crippen LogP contribution in [0, 0.1) is 0 Å². The Hall–Kier alpha value is -1.34. The SMILES string of the molecule is CCn1cnnc1CNC(=O)c1cc(S)ccc1Br. The topological polar surface area (TPSA) is 59.8 Å². The zero-order chi connectivity index (χ0) is 13.8. The van der Waals surface area contributed by atoms with Crippen molar-refractivity contribution < 1.29 is 4.79 Å². The molecule has 0 aliphatic rings. The Morgan fingerprint density at radius 2 is 2.32 bits per heavy atom. The molecule has 0 aliphatic carbocycles. The van der Waals surface area contributed by atoms with E-state index in [2.05, 4.69) is 44.1 Å². The predicted molar refractivity (Wildman–Crippen MR) is 78.3 cm³/mol. The summed E-state index contributed by atoms with van der Waals surface area (Å²) in [6.07, 6.45) is 1.64. The molecule has 0 fully saturated rings. The van der Waals surface area contributed by atoms with E-state index in [0.29, 0.717) is 12.1 Å². The van der Waals surface area contributed by atoms with Crippen molar-refractivity contribution in [3.8, 4) is 0 Å². The van der Waals surface area contributed by atoms with Gasteiger partial charge >= 0.3 is 0 Å². The summed E-state index contributed by atoms with van der Waals surface area (Å²) in [7, 11) is 0. The van der Waals surface area contributed by atoms with Crippen LogP contribution in [-0.2, 0) is 13.1 Å². The third kappa shape index (κ3) is 3.36. The minimum Gasteiger partial charge on any atom is -0.345 e. The van der Waals surface area contributed by atoms with E-state index in [0.717, 1.165) is 21.7 Å². The highest BCUT2D eigenvalue weighted by Gasteiger charge is 2.11. The van der Waals surface area contributed by atoms with Gasteiger partial charge < -0.3 is 9.88 Å². The van der Waals surface area contributed by atoms with Crippen LogP contribution in [0.5, 0.6) is 0 Å². The molecule has 1 aromatic carbocycles. The molecule has 0 unspecified atom stereocenters. The fraction of sp³-hybridized carbons (Fsp3) is 0.250. The first kappa shape index (κ1) is 14.1. The summed E-state index contributed by atoms with van der Waals surface area (Å²) in [5, 5.41) is 10.6. The van der Waals surface area contributed by atoms with Crippen LogP contribution in [0.15, 0.2) is 33.9 Å². The highest BCUT2D eigenvalue weighted by Crippen LogP contribution is 2.20. The van der Waals surface area contributed by atoms with Crippen molar-refractivity contribution in [2.24, 2.45) is 0 Å². The number of aryl methyl sites for hydroxylation is 1. The van der Waals surface area contributed by atoms with E-state index in [1.54, 1.807) is 18.5 Å². The number of amides is 1. The lowest BCUT2D eigenvalue weighted by Crippen LogP contribution is -2.25. The molecule has 0 saturated carbocycles. The maximum absolute atomic E-state index is 12.1. The van der Waals surface area contributed by atoms with Gasteiger partial charge in [-0.25, -0.2) is 0 Å². The van der Waals surface area contributed by atoms with Gasteiger partial charge in [0.25, 0.3) is 5.91 Å². The molecule has 1 N–H and O–H groups in total. The number of benzene rings is 1. The molecule has 1 heterocycles. The maximum Gasteiger partial charge on any atom is 0.252 e. The first-order valence-electron chi connectivity index (χ1n) is 5.75. The van der Waals surface area contributed by atoms with Gasteiger partial charge in [-0.3, -0.25) is 4.79 Å². The molecule has 0 spiro atoms. The highest BCUT2D eigenvalue weighted by molar-refractivity contribution is 9.10. The second kappa shape index (κ2) is 6.21. The van der Waals surface area contributed by atoms with Crippen LogP contribution in [-0.4, -0.2) is 20.7 Å². The Kier molecular flexibility index (Phi) is 4.60. The average molecular weight is 341 g/mol. The van der Waals surface area contributed by atoms with Gasteiger partial charge in [0.1, 0.15) is 6.33 Å².